The third-order valence-corrected chi connectivity index (χ3v) is 4.67. The molecule has 0 fully saturated rings. The van der Waals surface area contributed by atoms with Crippen molar-refractivity contribution in [3.63, 3.8) is 0 Å². The van der Waals surface area contributed by atoms with Gasteiger partial charge in [-0.05, 0) is 42.9 Å². The molecule has 2 atom stereocenters. The molecule has 1 aliphatic carbocycles. The molecule has 0 aromatic rings. The number of hydrogen-bond acceptors (Lipinski definition) is 3. The number of rotatable bonds is 11. The van der Waals surface area contributed by atoms with Crippen LogP contribution in [0.25, 0.3) is 0 Å². The number of aliphatic carboxylic acids is 1. The first-order valence-electron chi connectivity index (χ1n) is 9.60. The highest BCUT2D eigenvalue weighted by Gasteiger charge is 2.20. The van der Waals surface area contributed by atoms with Gasteiger partial charge in [0, 0.05) is 24.8 Å². The molecular weight excluding hydrogens is 328 g/mol. The molecule has 0 heterocycles. The van der Waals surface area contributed by atoms with Gasteiger partial charge >= 0.3 is 5.97 Å². The fourth-order valence-corrected chi connectivity index (χ4v) is 3.01. The third kappa shape index (κ3) is 7.99. The molecule has 4 nitrogen and oxygen atoms in total. The van der Waals surface area contributed by atoms with Gasteiger partial charge < -0.3 is 10.2 Å². The second kappa shape index (κ2) is 11.7. The molecule has 0 amide bonds. The van der Waals surface area contributed by atoms with E-state index >= 15 is 0 Å². The third-order valence-electron chi connectivity index (χ3n) is 4.67. The van der Waals surface area contributed by atoms with E-state index in [0.717, 1.165) is 17.6 Å². The largest absolute Gasteiger partial charge is 0.479 e. The van der Waals surface area contributed by atoms with Crippen molar-refractivity contribution in [1.29, 1.82) is 0 Å². The van der Waals surface area contributed by atoms with E-state index in [-0.39, 0.29) is 12.2 Å². The van der Waals surface area contributed by atoms with Gasteiger partial charge in [-0.1, -0.05) is 45.3 Å². The molecule has 1 rings (SSSR count). The average Bonchev–Trinajstić information content (AvgIpc) is 2.93. The first-order chi connectivity index (χ1) is 12.3. The lowest BCUT2D eigenvalue weighted by Gasteiger charge is -2.05. The minimum Gasteiger partial charge on any atom is -0.479 e. The number of carboxylic acids is 1. The minimum absolute atomic E-state index is 0.0425. The molecule has 0 saturated heterocycles. The highest BCUT2D eigenvalue weighted by molar-refractivity contribution is 5.99. The average molecular weight is 360 g/mol. The zero-order chi connectivity index (χ0) is 19.5. The number of aliphatic hydroxyl groups is 1. The van der Waals surface area contributed by atoms with E-state index in [1.807, 2.05) is 0 Å². The van der Waals surface area contributed by atoms with Crippen LogP contribution in [0.4, 0.5) is 0 Å². The van der Waals surface area contributed by atoms with Crippen molar-refractivity contribution in [3.05, 3.63) is 40.7 Å². The van der Waals surface area contributed by atoms with Crippen molar-refractivity contribution in [3.8, 4) is 0 Å². The Hall–Kier alpha value is -1.90. The molecule has 2 N–H and O–H groups in total. The number of aliphatic hydroxyl groups excluding tert-OH is 1. The molecule has 144 valence electrons. The summed E-state index contributed by atoms with van der Waals surface area (Å²) in [6.07, 6.45) is 11.5. The molecule has 0 aromatic heterocycles. The Labute approximate surface area is 157 Å². The van der Waals surface area contributed by atoms with Crippen LogP contribution in [-0.4, -0.2) is 28.1 Å². The van der Waals surface area contributed by atoms with E-state index in [0.29, 0.717) is 24.3 Å². The predicted octanol–water partition coefficient (Wildman–Crippen LogP) is 4.75. The maximum absolute atomic E-state index is 12.1. The monoisotopic (exact) mass is 360 g/mol. The van der Waals surface area contributed by atoms with Gasteiger partial charge in [0.15, 0.2) is 11.9 Å². The molecule has 0 radical (unpaired) electrons. The van der Waals surface area contributed by atoms with E-state index in [9.17, 15) is 14.7 Å². The van der Waals surface area contributed by atoms with Crippen LogP contribution < -0.4 is 0 Å². The van der Waals surface area contributed by atoms with Crippen LogP contribution >= 0.6 is 0 Å². The Balaban J connectivity index is 2.71. The van der Waals surface area contributed by atoms with Crippen LogP contribution in [0.15, 0.2) is 40.7 Å². The van der Waals surface area contributed by atoms with Gasteiger partial charge in [-0.3, -0.25) is 4.79 Å². The van der Waals surface area contributed by atoms with Gasteiger partial charge in [-0.25, -0.2) is 4.79 Å². The van der Waals surface area contributed by atoms with Crippen LogP contribution in [0.1, 0.15) is 72.1 Å². The zero-order valence-electron chi connectivity index (χ0n) is 16.3. The molecular formula is C22H32O4. The Kier molecular flexibility index (Phi) is 9.93. The summed E-state index contributed by atoms with van der Waals surface area (Å²) in [6.45, 7) is 6.14. The molecule has 0 aliphatic heterocycles. The molecule has 4 heteroatoms. The smallest absolute Gasteiger partial charge is 0.332 e. The summed E-state index contributed by atoms with van der Waals surface area (Å²) in [5, 5.41) is 18.1. The van der Waals surface area contributed by atoms with E-state index in [2.05, 4.69) is 31.7 Å². The normalized spacial score (nSPS) is 16.7. The quantitative estimate of drug-likeness (QED) is 0.412. The van der Waals surface area contributed by atoms with Crippen molar-refractivity contribution < 1.29 is 19.8 Å². The number of ketones is 1. The summed E-state index contributed by atoms with van der Waals surface area (Å²) in [5.74, 6) is -0.536. The molecule has 0 spiro atoms. The number of carbonyl (C=O) groups is 2. The molecule has 1 aliphatic rings. The van der Waals surface area contributed by atoms with Crippen LogP contribution in [-0.2, 0) is 9.59 Å². The van der Waals surface area contributed by atoms with Gasteiger partial charge in [0.25, 0.3) is 0 Å². The standard InChI is InChI=1S/C22H32O4/c1-4-5-6-8-16(2)11-12-18-13-14-20(23)19(18)10-7-9-17(3)15-21(24)22(25)26/h7,11-12,16,21,24H,4-6,8,10,13-15H2,1-3H3,(H,25,26). The number of carbonyl (C=O) groups excluding carboxylic acids is 1. The summed E-state index contributed by atoms with van der Waals surface area (Å²) in [6, 6.07) is 0. The van der Waals surface area contributed by atoms with Gasteiger partial charge in [0.2, 0.25) is 0 Å². The van der Waals surface area contributed by atoms with Crippen molar-refractivity contribution in [2.24, 2.45) is 5.92 Å². The van der Waals surface area contributed by atoms with Crippen LogP contribution in [0.3, 0.4) is 0 Å². The van der Waals surface area contributed by atoms with Gasteiger partial charge in [0.05, 0.1) is 0 Å². The number of carboxylic acid groups (broad SMARTS) is 1. The Morgan fingerprint density at radius 2 is 2.04 bits per heavy atom. The SMILES string of the molecule is CCCCCC(C)C=CC1=C(CC=C=C(C)CC(O)C(=O)O)C(=O)CC1. The second-order valence-electron chi connectivity index (χ2n) is 7.15. The topological polar surface area (TPSA) is 74.6 Å². The Morgan fingerprint density at radius 1 is 1.31 bits per heavy atom. The molecule has 0 aromatic carbocycles. The predicted molar refractivity (Wildman–Crippen MR) is 104 cm³/mol. The van der Waals surface area contributed by atoms with Crippen LogP contribution in [0, 0.1) is 5.92 Å². The van der Waals surface area contributed by atoms with Gasteiger partial charge in [-0.15, -0.1) is 5.73 Å². The highest BCUT2D eigenvalue weighted by atomic mass is 16.4. The lowest BCUT2D eigenvalue weighted by Crippen LogP contribution is -2.19. The lowest BCUT2D eigenvalue weighted by molar-refractivity contribution is -0.146. The summed E-state index contributed by atoms with van der Waals surface area (Å²) in [7, 11) is 0. The molecule has 0 saturated carbocycles. The maximum Gasteiger partial charge on any atom is 0.332 e. The second-order valence-corrected chi connectivity index (χ2v) is 7.15. The van der Waals surface area contributed by atoms with Gasteiger partial charge in [0.1, 0.15) is 0 Å². The minimum atomic E-state index is -1.41. The Morgan fingerprint density at radius 3 is 2.69 bits per heavy atom. The fraction of sp³-hybridized carbons (Fsp3) is 0.591. The lowest BCUT2D eigenvalue weighted by atomic mass is 10.0. The van der Waals surface area contributed by atoms with E-state index in [1.54, 1.807) is 13.0 Å². The van der Waals surface area contributed by atoms with Crippen molar-refractivity contribution >= 4 is 11.8 Å². The van der Waals surface area contributed by atoms with Crippen LogP contribution in [0.2, 0.25) is 0 Å². The zero-order valence-corrected chi connectivity index (χ0v) is 16.3. The van der Waals surface area contributed by atoms with E-state index in [4.69, 9.17) is 5.11 Å². The maximum atomic E-state index is 12.1. The van der Waals surface area contributed by atoms with Crippen LogP contribution in [0.5, 0.6) is 0 Å². The number of hydrogen-bond donors (Lipinski definition) is 2. The highest BCUT2D eigenvalue weighted by Crippen LogP contribution is 2.27. The number of allylic oxidation sites excluding steroid dienone is 4. The van der Waals surface area contributed by atoms with Gasteiger partial charge in [-0.2, -0.15) is 0 Å². The van der Waals surface area contributed by atoms with Crippen molar-refractivity contribution in [2.75, 3.05) is 0 Å². The summed E-state index contributed by atoms with van der Waals surface area (Å²) >= 11 is 0. The molecule has 0 bridgehead atoms. The summed E-state index contributed by atoms with van der Waals surface area (Å²) in [4.78, 5) is 22.8. The van der Waals surface area contributed by atoms with Crippen molar-refractivity contribution in [2.45, 2.75) is 78.2 Å². The number of Topliss-reactive ketones (excluding diaryl/α,β-unsaturated/α-hetero) is 1. The molecule has 26 heavy (non-hydrogen) atoms. The molecule has 2 unspecified atom stereocenters. The van der Waals surface area contributed by atoms with Crippen molar-refractivity contribution in [1.82, 2.24) is 0 Å². The van der Waals surface area contributed by atoms with E-state index in [1.165, 1.54) is 25.7 Å². The first kappa shape index (κ1) is 22.1. The Bertz CT molecular complexity index is 618. The van der Waals surface area contributed by atoms with E-state index < -0.39 is 12.1 Å². The summed E-state index contributed by atoms with van der Waals surface area (Å²) in [5.41, 5.74) is 5.60. The number of unbranched alkanes of at least 4 members (excludes halogenated alkanes) is 2. The first-order valence-corrected chi connectivity index (χ1v) is 9.60. The summed E-state index contributed by atoms with van der Waals surface area (Å²) < 4.78 is 0. The fourth-order valence-electron chi connectivity index (χ4n) is 3.01.